The van der Waals surface area contributed by atoms with Gasteiger partial charge in [-0.25, -0.2) is 0 Å². The van der Waals surface area contributed by atoms with Crippen molar-refractivity contribution in [1.29, 1.82) is 0 Å². The van der Waals surface area contributed by atoms with Crippen LogP contribution >= 0.6 is 31.9 Å². The summed E-state index contributed by atoms with van der Waals surface area (Å²) >= 11 is 7.07. The van der Waals surface area contributed by atoms with Crippen molar-refractivity contribution in [2.75, 3.05) is 13.2 Å². The minimum absolute atomic E-state index is 0.283. The number of nitrogens with one attached hydrogen (secondary N) is 1. The summed E-state index contributed by atoms with van der Waals surface area (Å²) in [5.74, 6) is 1.20. The first-order valence-electron chi connectivity index (χ1n) is 7.52. The van der Waals surface area contributed by atoms with Gasteiger partial charge in [0.2, 0.25) is 0 Å². The van der Waals surface area contributed by atoms with Gasteiger partial charge in [0.15, 0.2) is 0 Å². The Morgan fingerprint density at radius 2 is 1.71 bits per heavy atom. The summed E-state index contributed by atoms with van der Waals surface area (Å²) in [7, 11) is 0. The summed E-state index contributed by atoms with van der Waals surface area (Å²) < 4.78 is 7.45. The highest BCUT2D eigenvalue weighted by atomic mass is 79.9. The van der Waals surface area contributed by atoms with E-state index in [9.17, 15) is 5.11 Å². The molecule has 5 heteroatoms. The van der Waals surface area contributed by atoms with Crippen molar-refractivity contribution < 1.29 is 9.84 Å². The monoisotopic (exact) mass is 421 g/mol. The molecule has 0 saturated heterocycles. The highest BCUT2D eigenvalue weighted by molar-refractivity contribution is 9.11. The van der Waals surface area contributed by atoms with Gasteiger partial charge in [-0.1, -0.05) is 26.7 Å². The van der Waals surface area contributed by atoms with Gasteiger partial charge in [-0.3, -0.25) is 0 Å². The molecular weight excluding hydrogens is 398 g/mol. The third kappa shape index (κ3) is 5.89. The zero-order chi connectivity index (χ0) is 15.8. The van der Waals surface area contributed by atoms with E-state index in [2.05, 4.69) is 51.0 Å². The van der Waals surface area contributed by atoms with E-state index in [0.29, 0.717) is 19.1 Å². The molecule has 2 N–H and O–H groups in total. The largest absolute Gasteiger partial charge is 0.492 e. The smallest absolute Gasteiger partial charge is 0.147 e. The average Bonchev–Trinajstić information content (AvgIpc) is 2.44. The van der Waals surface area contributed by atoms with E-state index >= 15 is 0 Å². The molecule has 0 fully saturated rings. The van der Waals surface area contributed by atoms with E-state index in [1.165, 1.54) is 0 Å². The van der Waals surface area contributed by atoms with Crippen molar-refractivity contribution in [2.45, 2.75) is 46.3 Å². The van der Waals surface area contributed by atoms with Gasteiger partial charge in [0.1, 0.15) is 5.75 Å². The number of benzene rings is 1. The quantitative estimate of drug-likeness (QED) is 0.615. The zero-order valence-electron chi connectivity index (χ0n) is 13.0. The first kappa shape index (κ1) is 18.9. The topological polar surface area (TPSA) is 41.5 Å². The van der Waals surface area contributed by atoms with E-state index in [1.807, 2.05) is 19.1 Å². The molecule has 0 bridgehead atoms. The van der Waals surface area contributed by atoms with Crippen LogP contribution in [0.4, 0.5) is 0 Å². The van der Waals surface area contributed by atoms with Gasteiger partial charge in [-0.15, -0.1) is 0 Å². The molecule has 0 saturated carbocycles. The van der Waals surface area contributed by atoms with Gasteiger partial charge in [-0.2, -0.15) is 0 Å². The molecule has 1 unspecified atom stereocenters. The molecule has 1 aromatic rings. The minimum Gasteiger partial charge on any atom is -0.492 e. The SMILES string of the molecule is CCOc1c(Br)cc(CNCC(O)C(CC)CC)cc1Br. The third-order valence-corrected chi connectivity index (χ3v) is 4.80. The van der Waals surface area contributed by atoms with Crippen LogP contribution in [-0.4, -0.2) is 24.4 Å². The first-order chi connectivity index (χ1) is 10.0. The molecule has 0 aliphatic heterocycles. The fourth-order valence-electron chi connectivity index (χ4n) is 2.36. The molecular formula is C16H25Br2NO2. The Bertz CT molecular complexity index is 413. The average molecular weight is 423 g/mol. The van der Waals surface area contributed by atoms with Crippen molar-refractivity contribution in [3.8, 4) is 5.75 Å². The fourth-order valence-corrected chi connectivity index (χ4v) is 3.87. The van der Waals surface area contributed by atoms with E-state index in [0.717, 1.165) is 39.6 Å². The predicted octanol–water partition coefficient (Wildman–Crippen LogP) is 4.50. The molecule has 120 valence electrons. The van der Waals surface area contributed by atoms with Crippen LogP contribution in [0.5, 0.6) is 5.75 Å². The Morgan fingerprint density at radius 1 is 1.14 bits per heavy atom. The normalized spacial score (nSPS) is 12.7. The highest BCUT2D eigenvalue weighted by Crippen LogP contribution is 2.34. The minimum atomic E-state index is -0.283. The molecule has 0 amide bonds. The number of rotatable bonds is 9. The Hall–Kier alpha value is -0.100. The maximum atomic E-state index is 10.1. The lowest BCUT2D eigenvalue weighted by Crippen LogP contribution is -2.32. The molecule has 0 heterocycles. The van der Waals surface area contributed by atoms with Gasteiger partial charge in [-0.05, 0) is 62.4 Å². The molecule has 0 aliphatic carbocycles. The number of ether oxygens (including phenoxy) is 1. The van der Waals surface area contributed by atoms with E-state index in [4.69, 9.17) is 4.74 Å². The summed E-state index contributed by atoms with van der Waals surface area (Å²) in [5.41, 5.74) is 1.15. The Balaban J connectivity index is 2.56. The van der Waals surface area contributed by atoms with E-state index < -0.39 is 0 Å². The van der Waals surface area contributed by atoms with Gasteiger partial charge >= 0.3 is 0 Å². The van der Waals surface area contributed by atoms with E-state index in [-0.39, 0.29) is 6.10 Å². The highest BCUT2D eigenvalue weighted by Gasteiger charge is 2.15. The lowest BCUT2D eigenvalue weighted by molar-refractivity contribution is 0.101. The van der Waals surface area contributed by atoms with Gasteiger partial charge in [0.05, 0.1) is 21.7 Å². The van der Waals surface area contributed by atoms with Gasteiger partial charge in [0.25, 0.3) is 0 Å². The third-order valence-electron chi connectivity index (χ3n) is 3.62. The molecule has 0 aliphatic rings. The van der Waals surface area contributed by atoms with Crippen LogP contribution in [0.2, 0.25) is 0 Å². The van der Waals surface area contributed by atoms with Crippen molar-refractivity contribution in [3.05, 3.63) is 26.6 Å². The summed E-state index contributed by atoms with van der Waals surface area (Å²) in [4.78, 5) is 0. The molecule has 0 spiro atoms. The van der Waals surface area contributed by atoms with Crippen molar-refractivity contribution in [3.63, 3.8) is 0 Å². The number of hydrogen-bond acceptors (Lipinski definition) is 3. The van der Waals surface area contributed by atoms with Crippen LogP contribution in [0.3, 0.4) is 0 Å². The Labute approximate surface area is 144 Å². The Morgan fingerprint density at radius 3 is 2.19 bits per heavy atom. The van der Waals surface area contributed by atoms with Gasteiger partial charge in [0, 0.05) is 13.1 Å². The van der Waals surface area contributed by atoms with Crippen LogP contribution in [0.1, 0.15) is 39.2 Å². The number of halogens is 2. The van der Waals surface area contributed by atoms with Gasteiger partial charge < -0.3 is 15.2 Å². The van der Waals surface area contributed by atoms with Crippen LogP contribution in [0.25, 0.3) is 0 Å². The number of hydrogen-bond donors (Lipinski definition) is 2. The lowest BCUT2D eigenvalue weighted by Gasteiger charge is -2.20. The zero-order valence-corrected chi connectivity index (χ0v) is 16.1. The van der Waals surface area contributed by atoms with Crippen LogP contribution in [-0.2, 0) is 6.54 Å². The molecule has 3 nitrogen and oxygen atoms in total. The summed E-state index contributed by atoms with van der Waals surface area (Å²) in [6.45, 7) is 8.19. The summed E-state index contributed by atoms with van der Waals surface area (Å²) in [6, 6.07) is 4.10. The molecule has 1 aromatic carbocycles. The second-order valence-electron chi connectivity index (χ2n) is 5.10. The van der Waals surface area contributed by atoms with Crippen LogP contribution in [0.15, 0.2) is 21.1 Å². The first-order valence-corrected chi connectivity index (χ1v) is 9.11. The Kier molecular flexibility index (Phi) is 8.86. The van der Waals surface area contributed by atoms with Crippen LogP contribution in [0, 0.1) is 5.92 Å². The lowest BCUT2D eigenvalue weighted by atomic mass is 9.96. The maximum absolute atomic E-state index is 10.1. The van der Waals surface area contributed by atoms with Crippen LogP contribution < -0.4 is 10.1 Å². The van der Waals surface area contributed by atoms with Crippen molar-refractivity contribution in [2.24, 2.45) is 5.92 Å². The predicted molar refractivity (Wildman–Crippen MR) is 94.8 cm³/mol. The molecule has 0 radical (unpaired) electrons. The maximum Gasteiger partial charge on any atom is 0.147 e. The summed E-state index contributed by atoms with van der Waals surface area (Å²) in [6.07, 6.45) is 1.74. The molecule has 0 aromatic heterocycles. The van der Waals surface area contributed by atoms with Crippen molar-refractivity contribution >= 4 is 31.9 Å². The summed E-state index contributed by atoms with van der Waals surface area (Å²) in [5, 5.41) is 13.4. The fraction of sp³-hybridized carbons (Fsp3) is 0.625. The second kappa shape index (κ2) is 9.82. The molecule has 1 rings (SSSR count). The van der Waals surface area contributed by atoms with Crippen molar-refractivity contribution in [1.82, 2.24) is 5.32 Å². The second-order valence-corrected chi connectivity index (χ2v) is 6.81. The molecule has 1 atom stereocenters. The van der Waals surface area contributed by atoms with E-state index in [1.54, 1.807) is 0 Å². The standard InChI is InChI=1S/C16H25Br2NO2/c1-4-12(5-2)15(20)10-19-9-11-7-13(17)16(21-6-3)14(18)8-11/h7-8,12,15,19-20H,4-6,9-10H2,1-3H3. The number of aliphatic hydroxyl groups is 1. The molecule has 21 heavy (non-hydrogen) atoms. The number of aliphatic hydroxyl groups excluding tert-OH is 1.